The van der Waals surface area contributed by atoms with E-state index in [1.807, 2.05) is 14.0 Å². The Morgan fingerprint density at radius 2 is 0.580 bits per heavy atom. The van der Waals surface area contributed by atoms with E-state index in [2.05, 4.69) is 216 Å². The van der Waals surface area contributed by atoms with Crippen LogP contribution < -0.4 is 16.0 Å². The summed E-state index contributed by atoms with van der Waals surface area (Å²) in [5.41, 5.74) is 11.6. The van der Waals surface area contributed by atoms with Crippen molar-refractivity contribution in [2.75, 3.05) is 19.6 Å². The van der Waals surface area contributed by atoms with Crippen molar-refractivity contribution in [3.05, 3.63) is 106 Å². The van der Waals surface area contributed by atoms with Crippen LogP contribution in [-0.4, -0.2) is 116 Å². The maximum Gasteiger partial charge on any atom is 0.226 e. The zero-order valence-electron chi connectivity index (χ0n) is 90.2. The molecule has 24 atom stereocenters. The average Bonchev–Trinajstić information content (AvgIpc) is 0.745. The maximum absolute atomic E-state index is 15.1. The molecule has 0 radical (unpaired) electrons. The van der Waals surface area contributed by atoms with Gasteiger partial charge in [0.1, 0.15) is 0 Å². The number of fused-ring (bicyclic) bond motifs is 21. The Kier molecular flexibility index (Phi) is 26.1. The third-order valence-electron chi connectivity index (χ3n) is 47.3. The molecule has 0 unspecified atom stereocenters. The highest BCUT2D eigenvalue weighted by Gasteiger charge is 2.74. The van der Waals surface area contributed by atoms with E-state index in [-0.39, 0.29) is 134 Å². The van der Waals surface area contributed by atoms with Gasteiger partial charge < -0.3 is 31.3 Å². The zero-order valence-corrected chi connectivity index (χ0v) is 90.2. The summed E-state index contributed by atoms with van der Waals surface area (Å²) in [7, 11) is 0. The summed E-state index contributed by atoms with van der Waals surface area (Å²) >= 11 is 0. The molecule has 12 saturated carbocycles. The fourth-order valence-electron chi connectivity index (χ4n) is 38.1. The molecule has 3 heterocycles. The number of nitrogens with zero attached hydrogens (tertiary/aromatic N) is 9. The Morgan fingerprint density at radius 1 is 0.319 bits per heavy atom. The van der Waals surface area contributed by atoms with Crippen LogP contribution >= 0.6 is 0 Å². The molecule has 3 aromatic heterocycles. The summed E-state index contributed by atoms with van der Waals surface area (Å²) < 4.78 is 5.94. The fourth-order valence-corrected chi connectivity index (χ4v) is 38.1. The van der Waals surface area contributed by atoms with Crippen molar-refractivity contribution < 1.29 is 29.7 Å². The third kappa shape index (κ3) is 16.5. The second kappa shape index (κ2) is 35.8. The lowest BCUT2D eigenvalue weighted by Gasteiger charge is -2.71. The van der Waals surface area contributed by atoms with Crippen molar-refractivity contribution in [3.8, 4) is 0 Å². The van der Waals surface area contributed by atoms with E-state index in [1.165, 1.54) is 38.5 Å². The number of carbonyl (C=O) groups excluding carboxylic acids is 3. The van der Waals surface area contributed by atoms with Crippen LogP contribution in [0.5, 0.6) is 0 Å². The summed E-state index contributed by atoms with van der Waals surface area (Å²) in [5, 5.41) is 73.3. The molecule has 0 saturated heterocycles. The van der Waals surface area contributed by atoms with Crippen molar-refractivity contribution in [3.63, 3.8) is 0 Å². The third-order valence-corrected chi connectivity index (χ3v) is 47.3. The van der Waals surface area contributed by atoms with Gasteiger partial charge in [-0.1, -0.05) is 233 Å². The van der Waals surface area contributed by atoms with Crippen LogP contribution in [0.2, 0.25) is 0 Å². The molecule has 15 aliphatic carbocycles. The number of aryl methyl sites for hydroxylation is 3. The minimum atomic E-state index is -0.362. The Morgan fingerprint density at radius 3 is 0.848 bits per heavy atom. The van der Waals surface area contributed by atoms with Crippen LogP contribution in [0.15, 0.2) is 71.7 Å². The van der Waals surface area contributed by atoms with Gasteiger partial charge in [0.25, 0.3) is 0 Å². The summed E-state index contributed by atoms with van der Waals surface area (Å²) in [4.78, 5) is 45.4. The first-order chi connectivity index (χ1) is 64.9. The molecule has 19 rings (SSSR count). The minimum Gasteiger partial charge on any atom is -0.393 e. The standard InChI is InChI=1S/C120H186N12O6/c1-103(2)52-58-118(61-55-112(16)85(88(118)70-103)34-37-94-109(13)46-43-97(133)106(7,8)91(109)40-49-115(94,112)19)100(136)121-64-28-22-25-31-82-76-130(127-124-82)73-79-67-80(74-131-77-83(125-128-131)32-26-23-29-65-122-101(137)119-59-53-104(3,4)71-89(119)86-35-38-95-110(14)47-44-98(134)107(9,10)92(110)41-50-116(95,20)113(86,17)56-62-119)69-81(68-79)75-132-78-84(126-129-132)33-27-24-30-66-123-102(138)120-60-54-105(5,6)72-90(120)87-36-39-96-111(15)48-45-99(135)108(11,12)93(111)42-51-117(96,21)114(87,18)57-63-120/h34-36,67-69,76-78,88-99,133-135H,22-33,37-66,70-75H2,1-21H3,(H,121,136)(H,122,137)(H,123,138)/t88-,89-,90-,91-,92-,93-,94+,95+,96+,97-,98-,99-,109-,110-,111-,112+,113+,114+,115+,116+,117+,118-,119-,120-/m0/s1. The number of allylic oxidation sites excluding steroid dienone is 6. The van der Waals surface area contributed by atoms with Gasteiger partial charge in [-0.15, -0.1) is 15.3 Å². The predicted molar refractivity (Wildman–Crippen MR) is 551 cm³/mol. The van der Waals surface area contributed by atoms with Crippen LogP contribution in [0.4, 0.5) is 0 Å². The Labute approximate surface area is 832 Å². The van der Waals surface area contributed by atoms with Crippen molar-refractivity contribution in [1.82, 2.24) is 60.9 Å². The van der Waals surface area contributed by atoms with Crippen molar-refractivity contribution >= 4 is 17.7 Å². The quantitative estimate of drug-likeness (QED) is 0.0241. The fraction of sp³-hybridized carbons (Fsp3) is 0.825. The highest BCUT2D eigenvalue weighted by atomic mass is 16.3. The summed E-state index contributed by atoms with van der Waals surface area (Å²) in [6.45, 7) is 56.2. The molecule has 0 aliphatic heterocycles. The predicted octanol–water partition coefficient (Wildman–Crippen LogP) is 24.6. The number of aliphatic hydroxyl groups is 3. The van der Waals surface area contributed by atoms with Crippen LogP contribution in [0.25, 0.3) is 0 Å². The zero-order chi connectivity index (χ0) is 98.3. The first kappa shape index (κ1) is 101. The largest absolute Gasteiger partial charge is 0.393 e. The van der Waals surface area contributed by atoms with Gasteiger partial charge in [-0.05, 0) is 402 Å². The SMILES string of the molecule is CC1(C)CC[C@]2(C(=O)NCCCCCc3cn(Cc4cc(Cn5cc(CCCCCNC(=O)[C@]67CCC(C)(C)C[C@H]6C6=CC[C@@H]8[C@@]9(C)CC[C@H](O)C(C)(C)[C@@H]9CC[C@@]8(C)[C@]6(C)CC7)nn5)cc(Cn5cc(CCCCCNC(=O)[C@]67CCC(C)(C)C[C@H]6C6=CC[C@@H]8[C@@]9(C)CC[C@H](O)C(C)(C)[C@@H]9CC[C@@]8(C)[C@]6(C)CC7)nn5)c4)nn3)CC[C@]3(C)C(=CC[C@@H]4[C@@]5(C)CC[C@H](O)C(C)(C)[C@@H]5CC[C@]43C)[C@@H]2C1. The van der Waals surface area contributed by atoms with Gasteiger partial charge in [-0.2, -0.15) is 0 Å². The van der Waals surface area contributed by atoms with Crippen molar-refractivity contribution in [1.29, 1.82) is 0 Å². The Balaban J connectivity index is 0.477. The minimum absolute atomic E-state index is 0.0543. The van der Waals surface area contributed by atoms with Crippen LogP contribution in [0, 0.1) is 151 Å². The molecule has 15 aliphatic rings. The summed E-state index contributed by atoms with van der Waals surface area (Å²) in [5.74, 6) is 4.96. The maximum atomic E-state index is 15.1. The van der Waals surface area contributed by atoms with Gasteiger partial charge in [0.15, 0.2) is 0 Å². The summed E-state index contributed by atoms with van der Waals surface area (Å²) in [6.07, 6.45) is 56.8. The second-order valence-corrected chi connectivity index (χ2v) is 56.8. The number of hydrogen-bond acceptors (Lipinski definition) is 12. The molecular weight excluding hydrogens is 1710 g/mol. The number of nitrogens with one attached hydrogen (secondary N) is 3. The lowest BCUT2D eigenvalue weighted by Crippen LogP contribution is -2.65. The van der Waals surface area contributed by atoms with Crippen LogP contribution in [0.1, 0.15) is 430 Å². The first-order valence-electron chi connectivity index (χ1n) is 56.7. The molecule has 762 valence electrons. The van der Waals surface area contributed by atoms with E-state index >= 15 is 14.4 Å². The van der Waals surface area contributed by atoms with E-state index in [0.29, 0.717) is 92.5 Å². The average molecular weight is 1890 g/mol. The van der Waals surface area contributed by atoms with Crippen LogP contribution in [0.3, 0.4) is 0 Å². The van der Waals surface area contributed by atoms with Crippen molar-refractivity contribution in [2.24, 2.45) is 151 Å². The topological polar surface area (TPSA) is 240 Å². The number of amides is 3. The number of hydrogen-bond donors (Lipinski definition) is 6. The molecule has 18 heteroatoms. The molecule has 0 bridgehead atoms. The molecule has 6 N–H and O–H groups in total. The number of aromatic nitrogens is 9. The molecule has 0 spiro atoms. The molecule has 3 amide bonds. The van der Waals surface area contributed by atoms with Gasteiger partial charge in [0.2, 0.25) is 17.7 Å². The number of carbonyl (C=O) groups is 3. The molecule has 138 heavy (non-hydrogen) atoms. The number of benzene rings is 1. The van der Waals surface area contributed by atoms with Gasteiger partial charge in [0.05, 0.1) is 71.3 Å². The molecule has 1 aromatic carbocycles. The highest BCUT2D eigenvalue weighted by Crippen LogP contribution is 2.81. The first-order valence-corrected chi connectivity index (χ1v) is 56.7. The smallest absolute Gasteiger partial charge is 0.226 e. The normalized spacial score (nSPS) is 41.2. The van der Waals surface area contributed by atoms with E-state index in [0.717, 1.165) is 265 Å². The van der Waals surface area contributed by atoms with E-state index in [1.54, 1.807) is 16.7 Å². The molecule has 18 nitrogen and oxygen atoms in total. The van der Waals surface area contributed by atoms with Crippen molar-refractivity contribution in [2.45, 2.75) is 453 Å². The van der Waals surface area contributed by atoms with Gasteiger partial charge >= 0.3 is 0 Å². The number of rotatable bonds is 27. The summed E-state index contributed by atoms with van der Waals surface area (Å²) in [6, 6.07) is 6.83. The molecule has 4 aromatic rings. The van der Waals surface area contributed by atoms with Gasteiger partial charge in [0, 0.05) is 38.2 Å². The molecule has 12 fully saturated rings. The van der Waals surface area contributed by atoms with E-state index in [9.17, 15) is 15.3 Å². The van der Waals surface area contributed by atoms with Gasteiger partial charge in [-0.25, -0.2) is 14.0 Å². The van der Waals surface area contributed by atoms with Gasteiger partial charge in [-0.3, -0.25) is 14.4 Å². The molecular formula is C120H186N12O6. The van der Waals surface area contributed by atoms with E-state index < -0.39 is 0 Å². The number of unbranched alkanes of at least 4 members (excludes halogenated alkanes) is 6. The monoisotopic (exact) mass is 1890 g/mol. The number of aliphatic hydroxyl groups excluding tert-OH is 3. The van der Waals surface area contributed by atoms with Crippen LogP contribution in [-0.2, 0) is 53.3 Å². The Hall–Kier alpha value is -5.85. The second-order valence-electron chi connectivity index (χ2n) is 56.8. The van der Waals surface area contributed by atoms with E-state index in [4.69, 9.17) is 30.9 Å². The highest BCUT2D eigenvalue weighted by molar-refractivity contribution is 5.85. The lowest BCUT2D eigenvalue weighted by atomic mass is 9.33. The Bertz CT molecular complexity index is 4770. The lowest BCUT2D eigenvalue weighted by molar-refractivity contribution is -0.203.